The third kappa shape index (κ3) is 2.97. The smallest absolute Gasteiger partial charge is 0.179 e. The van der Waals surface area contributed by atoms with Crippen LogP contribution in [-0.2, 0) is 22.2 Å². The van der Waals surface area contributed by atoms with E-state index >= 15 is 0 Å². The minimum Gasteiger partial charge on any atom is -0.347 e. The summed E-state index contributed by atoms with van der Waals surface area (Å²) < 4.78 is 1.59. The van der Waals surface area contributed by atoms with Crippen LogP contribution in [0.25, 0.3) is 0 Å². The van der Waals surface area contributed by atoms with E-state index in [0.717, 1.165) is 11.4 Å². The standard InChI is InChI=1S/C19H25N5O/c1-18(2,3)17-20-21-22-24(17)12-13(25)11-16-19(4,5)14-9-7-8-10-15(14)23(16)6/h7-11H,12H2,1-6H3/b16-11+. The Balaban J connectivity index is 1.90. The molecule has 0 radical (unpaired) electrons. The quantitative estimate of drug-likeness (QED) is 0.805. The molecule has 6 heteroatoms. The summed E-state index contributed by atoms with van der Waals surface area (Å²) in [5.41, 5.74) is 2.94. The number of hydrogen-bond donors (Lipinski definition) is 0. The Morgan fingerprint density at radius 3 is 2.56 bits per heavy atom. The lowest BCUT2D eigenvalue weighted by atomic mass is 9.83. The molecule has 2 heterocycles. The molecule has 3 rings (SSSR count). The molecule has 0 fully saturated rings. The summed E-state index contributed by atoms with van der Waals surface area (Å²) in [5, 5.41) is 11.8. The summed E-state index contributed by atoms with van der Waals surface area (Å²) in [7, 11) is 2.00. The number of carbonyl (C=O) groups excluding carboxylic acids is 1. The van der Waals surface area contributed by atoms with Gasteiger partial charge in [0.25, 0.3) is 0 Å². The lowest BCUT2D eigenvalue weighted by molar-refractivity contribution is -0.115. The highest BCUT2D eigenvalue weighted by Gasteiger charge is 2.38. The first-order valence-corrected chi connectivity index (χ1v) is 8.47. The number of para-hydroxylation sites is 1. The monoisotopic (exact) mass is 339 g/mol. The highest BCUT2D eigenvalue weighted by atomic mass is 16.1. The van der Waals surface area contributed by atoms with Crippen LogP contribution in [0.15, 0.2) is 36.0 Å². The molecule has 6 nitrogen and oxygen atoms in total. The van der Waals surface area contributed by atoms with Gasteiger partial charge in [-0.05, 0) is 22.1 Å². The maximum atomic E-state index is 12.7. The average molecular weight is 339 g/mol. The third-order valence-corrected chi connectivity index (χ3v) is 4.75. The second kappa shape index (κ2) is 5.79. The van der Waals surface area contributed by atoms with Gasteiger partial charge in [0.15, 0.2) is 11.6 Å². The van der Waals surface area contributed by atoms with Gasteiger partial charge in [-0.25, -0.2) is 4.68 Å². The van der Waals surface area contributed by atoms with Crippen molar-refractivity contribution >= 4 is 11.5 Å². The Morgan fingerprint density at radius 1 is 1.24 bits per heavy atom. The zero-order valence-electron chi connectivity index (χ0n) is 15.7. The predicted molar refractivity (Wildman–Crippen MR) is 97.5 cm³/mol. The second-order valence-corrected chi connectivity index (χ2v) is 8.11. The number of carbonyl (C=O) groups is 1. The Labute approximate surface area is 148 Å². The van der Waals surface area contributed by atoms with E-state index in [4.69, 9.17) is 0 Å². The van der Waals surface area contributed by atoms with Gasteiger partial charge in [-0.1, -0.05) is 52.8 Å². The molecule has 0 spiro atoms. The fourth-order valence-corrected chi connectivity index (χ4v) is 3.45. The van der Waals surface area contributed by atoms with Gasteiger partial charge < -0.3 is 4.90 Å². The minimum absolute atomic E-state index is 0.0134. The van der Waals surface area contributed by atoms with Gasteiger partial charge in [0, 0.05) is 35.3 Å². The number of hydrogen-bond acceptors (Lipinski definition) is 5. The molecule has 1 aromatic carbocycles. The first kappa shape index (κ1) is 17.3. The largest absolute Gasteiger partial charge is 0.347 e. The zero-order valence-corrected chi connectivity index (χ0v) is 15.7. The molecule has 1 aliphatic heterocycles. The molecule has 0 saturated heterocycles. The summed E-state index contributed by atoms with van der Waals surface area (Å²) in [6.07, 6.45) is 1.73. The summed E-state index contributed by atoms with van der Waals surface area (Å²) in [6.45, 7) is 10.5. The molecule has 0 aliphatic carbocycles. The average Bonchev–Trinajstić information content (AvgIpc) is 3.06. The topological polar surface area (TPSA) is 63.9 Å². The van der Waals surface area contributed by atoms with Crippen molar-refractivity contribution in [2.45, 2.75) is 52.0 Å². The summed E-state index contributed by atoms with van der Waals surface area (Å²) in [5.74, 6) is 0.696. The van der Waals surface area contributed by atoms with Crippen LogP contribution in [0.3, 0.4) is 0 Å². The van der Waals surface area contributed by atoms with E-state index in [2.05, 4.69) is 46.4 Å². The normalized spacial score (nSPS) is 17.8. The third-order valence-electron chi connectivity index (χ3n) is 4.75. The molecule has 132 valence electrons. The molecule has 0 unspecified atom stereocenters. The molecule has 0 amide bonds. The maximum Gasteiger partial charge on any atom is 0.179 e. The van der Waals surface area contributed by atoms with Crippen LogP contribution in [0.5, 0.6) is 0 Å². The number of fused-ring (bicyclic) bond motifs is 1. The first-order chi connectivity index (χ1) is 11.6. The van der Waals surface area contributed by atoms with Gasteiger partial charge in [0.1, 0.15) is 6.54 Å². The summed E-state index contributed by atoms with van der Waals surface area (Å²) in [4.78, 5) is 14.8. The van der Waals surface area contributed by atoms with E-state index < -0.39 is 0 Å². The van der Waals surface area contributed by atoms with E-state index in [9.17, 15) is 4.79 Å². The molecular formula is C19H25N5O. The SMILES string of the molecule is CN1/C(=C/C(=O)Cn2nnnc2C(C)(C)C)C(C)(C)c2ccccc21. The van der Waals surface area contributed by atoms with Gasteiger partial charge in [-0.3, -0.25) is 4.79 Å². The van der Waals surface area contributed by atoms with Crippen molar-refractivity contribution in [3.8, 4) is 0 Å². The van der Waals surface area contributed by atoms with Gasteiger partial charge in [-0.15, -0.1) is 5.10 Å². The number of nitrogens with zero attached hydrogens (tertiary/aromatic N) is 5. The van der Waals surface area contributed by atoms with E-state index in [1.54, 1.807) is 10.8 Å². The lowest BCUT2D eigenvalue weighted by Crippen LogP contribution is -2.26. The van der Waals surface area contributed by atoms with Gasteiger partial charge in [0.2, 0.25) is 0 Å². The number of ketones is 1. The highest BCUT2D eigenvalue weighted by molar-refractivity contribution is 5.92. The van der Waals surface area contributed by atoms with Crippen LogP contribution in [0.1, 0.15) is 46.0 Å². The molecule has 0 bridgehead atoms. The number of aromatic nitrogens is 4. The van der Waals surface area contributed by atoms with Crippen LogP contribution >= 0.6 is 0 Å². The number of tetrazole rings is 1. The lowest BCUT2D eigenvalue weighted by Gasteiger charge is -2.24. The van der Waals surface area contributed by atoms with Crippen molar-refractivity contribution in [2.75, 3.05) is 11.9 Å². The maximum absolute atomic E-state index is 12.7. The number of likely N-dealkylation sites (N-methyl/N-ethyl adjacent to an activating group) is 1. The van der Waals surface area contributed by atoms with E-state index in [1.807, 2.05) is 40.0 Å². The molecule has 1 aromatic heterocycles. The van der Waals surface area contributed by atoms with Gasteiger partial charge in [0.05, 0.1) is 0 Å². The van der Waals surface area contributed by atoms with Crippen molar-refractivity contribution in [2.24, 2.45) is 0 Å². The fraction of sp³-hybridized carbons (Fsp3) is 0.474. The molecule has 2 aromatic rings. The molecule has 1 aliphatic rings. The Kier molecular flexibility index (Phi) is 4.01. The number of rotatable bonds is 3. The molecule has 0 atom stereocenters. The Morgan fingerprint density at radius 2 is 1.92 bits per heavy atom. The van der Waals surface area contributed by atoms with Crippen LogP contribution < -0.4 is 4.90 Å². The van der Waals surface area contributed by atoms with Crippen molar-refractivity contribution in [3.05, 3.63) is 47.4 Å². The number of benzene rings is 1. The molecule has 0 N–H and O–H groups in total. The van der Waals surface area contributed by atoms with Crippen molar-refractivity contribution in [3.63, 3.8) is 0 Å². The van der Waals surface area contributed by atoms with Crippen LogP contribution in [0.4, 0.5) is 5.69 Å². The molecular weight excluding hydrogens is 314 g/mol. The van der Waals surface area contributed by atoms with Crippen molar-refractivity contribution in [1.29, 1.82) is 0 Å². The van der Waals surface area contributed by atoms with Crippen LogP contribution in [0.2, 0.25) is 0 Å². The van der Waals surface area contributed by atoms with Crippen LogP contribution in [0, 0.1) is 0 Å². The summed E-state index contributed by atoms with van der Waals surface area (Å²) >= 11 is 0. The molecule has 25 heavy (non-hydrogen) atoms. The van der Waals surface area contributed by atoms with E-state index in [1.165, 1.54) is 5.56 Å². The van der Waals surface area contributed by atoms with Gasteiger partial charge in [-0.2, -0.15) is 0 Å². The van der Waals surface area contributed by atoms with E-state index in [0.29, 0.717) is 5.82 Å². The highest BCUT2D eigenvalue weighted by Crippen LogP contribution is 2.46. The Hall–Kier alpha value is -2.50. The van der Waals surface area contributed by atoms with Crippen molar-refractivity contribution in [1.82, 2.24) is 20.2 Å². The zero-order chi connectivity index (χ0) is 18.4. The van der Waals surface area contributed by atoms with E-state index in [-0.39, 0.29) is 23.2 Å². The predicted octanol–water partition coefficient (Wildman–Crippen LogP) is 2.85. The number of allylic oxidation sites excluding steroid dienone is 2. The second-order valence-electron chi connectivity index (χ2n) is 8.11. The molecule has 0 saturated carbocycles. The first-order valence-electron chi connectivity index (χ1n) is 8.47. The van der Waals surface area contributed by atoms with Crippen LogP contribution in [-0.4, -0.2) is 33.0 Å². The minimum atomic E-state index is -0.214. The van der Waals surface area contributed by atoms with Crippen molar-refractivity contribution < 1.29 is 4.79 Å². The Bertz CT molecular complexity index is 841. The number of anilines is 1. The van der Waals surface area contributed by atoms with Gasteiger partial charge >= 0.3 is 0 Å². The fourth-order valence-electron chi connectivity index (χ4n) is 3.45. The summed E-state index contributed by atoms with van der Waals surface area (Å²) in [6, 6.07) is 8.26.